The Hall–Kier alpha value is -4.13. The van der Waals surface area contributed by atoms with Gasteiger partial charge in [0.05, 0.1) is 6.42 Å². The van der Waals surface area contributed by atoms with Crippen molar-refractivity contribution in [3.05, 3.63) is 102 Å². The largest absolute Gasteiger partial charge is 0.486 e. The van der Waals surface area contributed by atoms with Crippen LogP contribution in [0.25, 0.3) is 10.8 Å². The predicted octanol–water partition coefficient (Wildman–Crippen LogP) is 4.68. The molecule has 5 rings (SSSR count). The molecule has 4 aromatic rings. The van der Waals surface area contributed by atoms with Gasteiger partial charge in [0, 0.05) is 26.2 Å². The molecule has 2 amide bonds. The van der Waals surface area contributed by atoms with Gasteiger partial charge in [-0.1, -0.05) is 42.5 Å². The summed E-state index contributed by atoms with van der Waals surface area (Å²) in [5.74, 6) is 0.995. The molecule has 35 heavy (non-hydrogen) atoms. The number of hydrogen-bond donors (Lipinski definition) is 0. The number of piperazine rings is 1. The normalized spacial score (nSPS) is 13.7. The van der Waals surface area contributed by atoms with Gasteiger partial charge in [-0.05, 0) is 52.7 Å². The molecule has 1 fully saturated rings. The first-order valence-electron chi connectivity index (χ1n) is 11.6. The van der Waals surface area contributed by atoms with Crippen molar-refractivity contribution in [2.75, 3.05) is 26.2 Å². The van der Waals surface area contributed by atoms with E-state index in [1.54, 1.807) is 34.1 Å². The number of furan rings is 1. The van der Waals surface area contributed by atoms with E-state index < -0.39 is 0 Å². The number of benzene rings is 3. The highest BCUT2D eigenvalue weighted by molar-refractivity contribution is 5.91. The molecule has 178 valence electrons. The average molecular weight is 473 g/mol. The summed E-state index contributed by atoms with van der Waals surface area (Å²) in [4.78, 5) is 28.9. The number of carbonyl (C=O) groups excluding carboxylic acids is 2. The zero-order valence-corrected chi connectivity index (χ0v) is 19.2. The summed E-state index contributed by atoms with van der Waals surface area (Å²) in [6, 6.07) is 23.3. The van der Waals surface area contributed by atoms with Crippen LogP contribution in [-0.2, 0) is 17.8 Å². The van der Waals surface area contributed by atoms with Gasteiger partial charge >= 0.3 is 0 Å². The highest BCUT2D eigenvalue weighted by atomic mass is 19.1. The maximum atomic E-state index is 13.1. The lowest BCUT2D eigenvalue weighted by Gasteiger charge is -2.34. The van der Waals surface area contributed by atoms with Crippen LogP contribution in [-0.4, -0.2) is 47.8 Å². The molecule has 0 saturated carbocycles. The molecule has 0 unspecified atom stereocenters. The minimum Gasteiger partial charge on any atom is -0.486 e. The second kappa shape index (κ2) is 10.0. The molecule has 0 radical (unpaired) electrons. The summed E-state index contributed by atoms with van der Waals surface area (Å²) in [6.45, 7) is 1.97. The van der Waals surface area contributed by atoms with Gasteiger partial charge in [0.1, 0.15) is 23.9 Å². The van der Waals surface area contributed by atoms with Crippen molar-refractivity contribution in [1.82, 2.24) is 9.80 Å². The molecule has 7 heteroatoms. The average Bonchev–Trinajstić information content (AvgIpc) is 3.37. The number of ether oxygens (including phenoxy) is 1. The zero-order valence-electron chi connectivity index (χ0n) is 19.2. The molecule has 1 aromatic heterocycles. The monoisotopic (exact) mass is 472 g/mol. The van der Waals surface area contributed by atoms with Crippen LogP contribution in [0.15, 0.2) is 83.3 Å². The lowest BCUT2D eigenvalue weighted by atomic mass is 10.1. The zero-order chi connectivity index (χ0) is 24.2. The van der Waals surface area contributed by atoms with E-state index in [-0.39, 0.29) is 36.4 Å². The maximum absolute atomic E-state index is 13.1. The number of halogens is 1. The number of amides is 2. The quantitative estimate of drug-likeness (QED) is 0.409. The maximum Gasteiger partial charge on any atom is 0.289 e. The van der Waals surface area contributed by atoms with Gasteiger partial charge < -0.3 is 19.0 Å². The first-order chi connectivity index (χ1) is 17.0. The van der Waals surface area contributed by atoms with Crippen LogP contribution in [0, 0.1) is 5.82 Å². The van der Waals surface area contributed by atoms with Crippen LogP contribution in [0.2, 0.25) is 0 Å². The molecule has 6 nitrogen and oxygen atoms in total. The Morgan fingerprint density at radius 1 is 0.829 bits per heavy atom. The minimum atomic E-state index is -0.324. The predicted molar refractivity (Wildman–Crippen MR) is 130 cm³/mol. The van der Waals surface area contributed by atoms with E-state index in [1.165, 1.54) is 12.1 Å². The van der Waals surface area contributed by atoms with Crippen LogP contribution in [0.3, 0.4) is 0 Å². The summed E-state index contributed by atoms with van der Waals surface area (Å²) < 4.78 is 24.7. The molecule has 2 heterocycles. The standard InChI is InChI=1S/C28H25FN2O4/c29-23-8-5-20(6-9-23)17-27(32)30-13-15-31(16-14-30)28(33)26-12-11-25(35-26)19-34-24-10-7-21-3-1-2-4-22(21)18-24/h1-12,18H,13-17,19H2. The third kappa shape index (κ3) is 5.35. The number of carbonyl (C=O) groups is 2. The van der Waals surface area contributed by atoms with Gasteiger partial charge in [0.2, 0.25) is 5.91 Å². The van der Waals surface area contributed by atoms with Crippen LogP contribution < -0.4 is 4.74 Å². The van der Waals surface area contributed by atoms with Crippen molar-refractivity contribution in [3.8, 4) is 5.75 Å². The van der Waals surface area contributed by atoms with Gasteiger partial charge in [-0.2, -0.15) is 0 Å². The Balaban J connectivity index is 1.12. The van der Waals surface area contributed by atoms with Gasteiger partial charge in [-0.15, -0.1) is 0 Å². The lowest BCUT2D eigenvalue weighted by Crippen LogP contribution is -2.50. The van der Waals surface area contributed by atoms with Gasteiger partial charge in [0.15, 0.2) is 5.76 Å². The second-order valence-corrected chi connectivity index (χ2v) is 8.54. The third-order valence-electron chi connectivity index (χ3n) is 6.16. The van der Waals surface area contributed by atoms with Crippen molar-refractivity contribution in [2.24, 2.45) is 0 Å². The van der Waals surface area contributed by atoms with E-state index in [1.807, 2.05) is 42.5 Å². The molecule has 1 aliphatic heterocycles. The SMILES string of the molecule is O=C(Cc1ccc(F)cc1)N1CCN(C(=O)c2ccc(COc3ccc4ccccc4c3)o2)CC1. The summed E-state index contributed by atoms with van der Waals surface area (Å²) in [5, 5.41) is 2.23. The van der Waals surface area contributed by atoms with Gasteiger partial charge in [-0.3, -0.25) is 9.59 Å². The van der Waals surface area contributed by atoms with E-state index in [2.05, 4.69) is 0 Å². The van der Waals surface area contributed by atoms with Crippen molar-refractivity contribution in [1.29, 1.82) is 0 Å². The number of rotatable bonds is 6. The minimum absolute atomic E-state index is 0.0326. The Morgan fingerprint density at radius 3 is 2.31 bits per heavy atom. The van der Waals surface area contributed by atoms with Crippen LogP contribution in [0.5, 0.6) is 5.75 Å². The van der Waals surface area contributed by atoms with E-state index in [0.717, 1.165) is 22.1 Å². The molecular formula is C28H25FN2O4. The third-order valence-corrected chi connectivity index (χ3v) is 6.16. The lowest BCUT2D eigenvalue weighted by molar-refractivity contribution is -0.131. The van der Waals surface area contributed by atoms with Gasteiger partial charge in [-0.25, -0.2) is 4.39 Å². The fourth-order valence-electron chi connectivity index (χ4n) is 4.19. The Morgan fingerprint density at radius 2 is 1.54 bits per heavy atom. The van der Waals surface area contributed by atoms with Crippen molar-refractivity contribution in [2.45, 2.75) is 13.0 Å². The molecule has 0 bridgehead atoms. The molecule has 0 spiro atoms. The van der Waals surface area contributed by atoms with E-state index in [0.29, 0.717) is 31.9 Å². The molecule has 3 aromatic carbocycles. The molecular weight excluding hydrogens is 447 g/mol. The number of hydrogen-bond acceptors (Lipinski definition) is 4. The summed E-state index contributed by atoms with van der Waals surface area (Å²) in [5.41, 5.74) is 0.768. The smallest absolute Gasteiger partial charge is 0.289 e. The summed E-state index contributed by atoms with van der Waals surface area (Å²) in [7, 11) is 0. The first kappa shape index (κ1) is 22.7. The topological polar surface area (TPSA) is 63.0 Å². The van der Waals surface area contributed by atoms with Crippen molar-refractivity contribution >= 4 is 22.6 Å². The Labute approximate surface area is 202 Å². The van der Waals surface area contributed by atoms with E-state index in [9.17, 15) is 14.0 Å². The number of fused-ring (bicyclic) bond motifs is 1. The highest BCUT2D eigenvalue weighted by Crippen LogP contribution is 2.22. The van der Waals surface area contributed by atoms with Crippen molar-refractivity contribution in [3.63, 3.8) is 0 Å². The van der Waals surface area contributed by atoms with Crippen LogP contribution >= 0.6 is 0 Å². The second-order valence-electron chi connectivity index (χ2n) is 8.54. The van der Waals surface area contributed by atoms with Crippen LogP contribution in [0.1, 0.15) is 21.9 Å². The Bertz CT molecular complexity index is 1340. The van der Waals surface area contributed by atoms with Crippen LogP contribution in [0.4, 0.5) is 4.39 Å². The number of nitrogens with zero attached hydrogens (tertiary/aromatic N) is 2. The summed E-state index contributed by atoms with van der Waals surface area (Å²) in [6.07, 6.45) is 0.215. The molecule has 1 aliphatic rings. The summed E-state index contributed by atoms with van der Waals surface area (Å²) >= 11 is 0. The molecule has 1 saturated heterocycles. The van der Waals surface area contributed by atoms with Gasteiger partial charge in [0.25, 0.3) is 5.91 Å². The van der Waals surface area contributed by atoms with Crippen molar-refractivity contribution < 1.29 is 23.1 Å². The molecule has 0 N–H and O–H groups in total. The van der Waals surface area contributed by atoms with E-state index >= 15 is 0 Å². The molecule has 0 aliphatic carbocycles. The molecule has 0 atom stereocenters. The highest BCUT2D eigenvalue weighted by Gasteiger charge is 2.26. The fraction of sp³-hybridized carbons (Fsp3) is 0.214. The fourth-order valence-corrected chi connectivity index (χ4v) is 4.19. The Kier molecular flexibility index (Phi) is 6.48. The first-order valence-corrected chi connectivity index (χ1v) is 11.6. The van der Waals surface area contributed by atoms with E-state index in [4.69, 9.17) is 9.15 Å².